The van der Waals surface area contributed by atoms with Gasteiger partial charge in [-0.05, 0) is 31.7 Å². The largest absolute Gasteiger partial charge is 0.493 e. The molecule has 2 atom stereocenters. The lowest BCUT2D eigenvalue weighted by Crippen LogP contribution is -2.41. The number of carbonyl (C=O) groups excluding carboxylic acids is 1. The molecule has 2 heterocycles. The molecule has 6 nitrogen and oxygen atoms in total. The van der Waals surface area contributed by atoms with Gasteiger partial charge in [-0.1, -0.05) is 32.0 Å². The molecular formula is C21H28N2O4S2. The standard InChI is InChI=1S/C21H28N2O4S2/c1-14(2)8-9-20-22-16(12-28-20)13-29(25,26)15(3)21(24)23-18-10-11-27-19-7-5-4-6-17(18)19/h4-7,12,14-15,18H,8-11,13H2,1-3H3,(H,23,24)/t15-,18-/m1/s1. The molecule has 1 N–H and O–H groups in total. The molecule has 0 saturated carbocycles. The molecule has 1 aromatic heterocycles. The molecule has 0 bridgehead atoms. The van der Waals surface area contributed by atoms with Crippen molar-refractivity contribution in [2.75, 3.05) is 6.61 Å². The SMILES string of the molecule is CC(C)CCc1nc(CS(=O)(=O)[C@H](C)C(=O)N[C@@H]2CCOc3ccccc32)cs1. The molecule has 29 heavy (non-hydrogen) atoms. The Morgan fingerprint density at radius 1 is 1.31 bits per heavy atom. The summed E-state index contributed by atoms with van der Waals surface area (Å²) in [6.07, 6.45) is 2.48. The summed E-state index contributed by atoms with van der Waals surface area (Å²) in [5.41, 5.74) is 1.40. The quantitative estimate of drug-likeness (QED) is 0.682. The van der Waals surface area contributed by atoms with Crippen molar-refractivity contribution in [2.24, 2.45) is 5.92 Å². The van der Waals surface area contributed by atoms with Crippen molar-refractivity contribution < 1.29 is 17.9 Å². The third kappa shape index (κ3) is 5.57. The lowest BCUT2D eigenvalue weighted by molar-refractivity contribution is -0.121. The zero-order valence-electron chi connectivity index (χ0n) is 17.1. The zero-order chi connectivity index (χ0) is 21.0. The predicted octanol–water partition coefficient (Wildman–Crippen LogP) is 3.68. The van der Waals surface area contributed by atoms with Gasteiger partial charge in [0.15, 0.2) is 9.84 Å². The van der Waals surface area contributed by atoms with Crippen LogP contribution in [-0.4, -0.2) is 31.2 Å². The number of hydrogen-bond acceptors (Lipinski definition) is 6. The van der Waals surface area contributed by atoms with Crippen molar-refractivity contribution in [1.82, 2.24) is 10.3 Å². The van der Waals surface area contributed by atoms with Crippen molar-refractivity contribution in [3.8, 4) is 5.75 Å². The van der Waals surface area contributed by atoms with Crippen LogP contribution < -0.4 is 10.1 Å². The van der Waals surface area contributed by atoms with E-state index in [4.69, 9.17) is 4.74 Å². The highest BCUT2D eigenvalue weighted by Gasteiger charge is 2.32. The number of ether oxygens (including phenoxy) is 1. The molecule has 1 amide bonds. The molecule has 0 spiro atoms. The van der Waals surface area contributed by atoms with Gasteiger partial charge in [0.2, 0.25) is 5.91 Å². The van der Waals surface area contributed by atoms with Gasteiger partial charge in [-0.25, -0.2) is 13.4 Å². The maximum Gasteiger partial charge on any atom is 0.238 e. The van der Waals surface area contributed by atoms with E-state index in [-0.39, 0.29) is 11.8 Å². The number of thiazole rings is 1. The van der Waals surface area contributed by atoms with Crippen LogP contribution in [0.5, 0.6) is 5.75 Å². The number of para-hydroxylation sites is 1. The number of aryl methyl sites for hydroxylation is 1. The van der Waals surface area contributed by atoms with E-state index in [1.54, 1.807) is 5.38 Å². The molecule has 0 radical (unpaired) electrons. The minimum Gasteiger partial charge on any atom is -0.493 e. The summed E-state index contributed by atoms with van der Waals surface area (Å²) in [5, 5.41) is 4.48. The van der Waals surface area contributed by atoms with Crippen LogP contribution in [0.15, 0.2) is 29.6 Å². The molecule has 1 aliphatic heterocycles. The topological polar surface area (TPSA) is 85.4 Å². The van der Waals surface area contributed by atoms with Gasteiger partial charge in [0.05, 0.1) is 29.1 Å². The average molecular weight is 437 g/mol. The van der Waals surface area contributed by atoms with E-state index in [0.29, 0.717) is 24.6 Å². The Balaban J connectivity index is 1.63. The minimum atomic E-state index is -3.66. The average Bonchev–Trinajstić information content (AvgIpc) is 3.12. The van der Waals surface area contributed by atoms with Crippen molar-refractivity contribution in [3.05, 3.63) is 45.9 Å². The Kier molecular flexibility index (Phi) is 6.95. The predicted molar refractivity (Wildman–Crippen MR) is 115 cm³/mol. The molecule has 8 heteroatoms. The number of benzene rings is 1. The van der Waals surface area contributed by atoms with Crippen molar-refractivity contribution in [2.45, 2.75) is 57.1 Å². The number of aromatic nitrogens is 1. The fourth-order valence-electron chi connectivity index (χ4n) is 3.22. The van der Waals surface area contributed by atoms with Crippen molar-refractivity contribution >= 4 is 27.1 Å². The van der Waals surface area contributed by atoms with Crippen LogP contribution in [0.2, 0.25) is 0 Å². The normalized spacial score (nSPS) is 17.4. The molecule has 0 saturated heterocycles. The van der Waals surface area contributed by atoms with Gasteiger partial charge in [0.1, 0.15) is 11.0 Å². The number of sulfone groups is 1. The molecule has 1 aromatic carbocycles. The first-order valence-corrected chi connectivity index (χ1v) is 12.5. The summed E-state index contributed by atoms with van der Waals surface area (Å²) in [6.45, 7) is 6.23. The van der Waals surface area contributed by atoms with E-state index < -0.39 is 21.0 Å². The van der Waals surface area contributed by atoms with E-state index in [1.165, 1.54) is 18.3 Å². The maximum absolute atomic E-state index is 12.8. The smallest absolute Gasteiger partial charge is 0.238 e. The highest BCUT2D eigenvalue weighted by Crippen LogP contribution is 2.31. The van der Waals surface area contributed by atoms with Gasteiger partial charge in [0, 0.05) is 17.4 Å². The number of amides is 1. The molecule has 0 aliphatic carbocycles. The Morgan fingerprint density at radius 2 is 2.07 bits per heavy atom. The molecule has 158 valence electrons. The maximum atomic E-state index is 12.8. The molecule has 3 rings (SSSR count). The van der Waals surface area contributed by atoms with Gasteiger partial charge in [-0.15, -0.1) is 11.3 Å². The molecule has 2 aromatic rings. The Labute approximate surface area is 176 Å². The van der Waals surface area contributed by atoms with Gasteiger partial charge >= 0.3 is 0 Å². The second-order valence-electron chi connectivity index (χ2n) is 7.85. The number of nitrogens with one attached hydrogen (secondary N) is 1. The number of hydrogen-bond donors (Lipinski definition) is 1. The summed E-state index contributed by atoms with van der Waals surface area (Å²) >= 11 is 1.48. The zero-order valence-corrected chi connectivity index (χ0v) is 18.7. The summed E-state index contributed by atoms with van der Waals surface area (Å²) < 4.78 is 31.2. The fraction of sp³-hybridized carbons (Fsp3) is 0.524. The number of nitrogens with zero attached hydrogens (tertiary/aromatic N) is 1. The lowest BCUT2D eigenvalue weighted by atomic mass is 10.0. The summed E-state index contributed by atoms with van der Waals surface area (Å²) in [5.74, 6) is 0.604. The molecule has 1 aliphatic rings. The Morgan fingerprint density at radius 3 is 2.83 bits per heavy atom. The fourth-order valence-corrected chi connectivity index (χ4v) is 5.34. The number of rotatable bonds is 8. The third-order valence-corrected chi connectivity index (χ3v) is 8.01. The van der Waals surface area contributed by atoms with Crippen LogP contribution in [0.1, 0.15) is 55.9 Å². The van der Waals surface area contributed by atoms with Crippen LogP contribution in [-0.2, 0) is 26.8 Å². The lowest BCUT2D eigenvalue weighted by Gasteiger charge is -2.27. The third-order valence-electron chi connectivity index (χ3n) is 5.07. The molecule has 0 fully saturated rings. The Hall–Kier alpha value is -1.93. The van der Waals surface area contributed by atoms with Gasteiger partial charge in [0.25, 0.3) is 0 Å². The minimum absolute atomic E-state index is 0.218. The highest BCUT2D eigenvalue weighted by molar-refractivity contribution is 7.92. The summed E-state index contributed by atoms with van der Waals surface area (Å²) in [4.78, 5) is 17.1. The number of fused-ring (bicyclic) bond motifs is 1. The van der Waals surface area contributed by atoms with E-state index in [1.807, 2.05) is 24.3 Å². The molecule has 0 unspecified atom stereocenters. The van der Waals surface area contributed by atoms with Gasteiger partial charge < -0.3 is 10.1 Å². The van der Waals surface area contributed by atoms with E-state index >= 15 is 0 Å². The first kappa shape index (κ1) is 21.8. The van der Waals surface area contributed by atoms with Crippen LogP contribution in [0.4, 0.5) is 0 Å². The summed E-state index contributed by atoms with van der Waals surface area (Å²) in [7, 11) is -3.66. The van der Waals surface area contributed by atoms with Gasteiger partial charge in [-0.3, -0.25) is 4.79 Å². The van der Waals surface area contributed by atoms with E-state index in [2.05, 4.69) is 24.1 Å². The van der Waals surface area contributed by atoms with Crippen LogP contribution in [0, 0.1) is 5.92 Å². The van der Waals surface area contributed by atoms with E-state index in [0.717, 1.165) is 29.2 Å². The van der Waals surface area contributed by atoms with Gasteiger partial charge in [-0.2, -0.15) is 0 Å². The van der Waals surface area contributed by atoms with E-state index in [9.17, 15) is 13.2 Å². The first-order chi connectivity index (χ1) is 13.8. The molecular weight excluding hydrogens is 408 g/mol. The van der Waals surface area contributed by atoms with Crippen LogP contribution in [0.25, 0.3) is 0 Å². The Bertz CT molecular complexity index is 953. The first-order valence-electron chi connectivity index (χ1n) is 9.93. The monoisotopic (exact) mass is 436 g/mol. The van der Waals surface area contributed by atoms with Crippen LogP contribution >= 0.6 is 11.3 Å². The summed E-state index contributed by atoms with van der Waals surface area (Å²) in [6, 6.07) is 7.26. The van der Waals surface area contributed by atoms with Crippen LogP contribution in [0.3, 0.4) is 0 Å². The van der Waals surface area contributed by atoms with Crippen molar-refractivity contribution in [1.29, 1.82) is 0 Å². The second kappa shape index (κ2) is 9.26. The number of carbonyl (C=O) groups is 1. The van der Waals surface area contributed by atoms with Crippen molar-refractivity contribution in [3.63, 3.8) is 0 Å². The highest BCUT2D eigenvalue weighted by atomic mass is 32.2. The second-order valence-corrected chi connectivity index (χ2v) is 11.1.